The van der Waals surface area contributed by atoms with Crippen molar-refractivity contribution in [2.24, 2.45) is 5.10 Å². The summed E-state index contributed by atoms with van der Waals surface area (Å²) in [5.74, 6) is -0.333. The molecule has 4 rings (SSSR count). The number of benzene rings is 2. The van der Waals surface area contributed by atoms with E-state index in [1.165, 1.54) is 11.3 Å². The highest BCUT2D eigenvalue weighted by Gasteiger charge is 2.14. The summed E-state index contributed by atoms with van der Waals surface area (Å²) in [6.07, 6.45) is 3.51. The third-order valence-corrected chi connectivity index (χ3v) is 5.16. The molecule has 0 saturated carbocycles. The van der Waals surface area contributed by atoms with Crippen molar-refractivity contribution >= 4 is 50.3 Å². The molecule has 0 atom stereocenters. The number of aromatic amines is 1. The summed E-state index contributed by atoms with van der Waals surface area (Å²) in [5, 5.41) is 7.56. The second kappa shape index (κ2) is 7.23. The number of hydrogen-bond acceptors (Lipinski definition) is 4. The third-order valence-electron chi connectivity index (χ3n) is 3.79. The van der Waals surface area contributed by atoms with Crippen LogP contribution in [-0.2, 0) is 0 Å². The highest BCUT2D eigenvalue weighted by Crippen LogP contribution is 2.32. The number of hydrogen-bond donors (Lipinski definition) is 2. The Hall–Kier alpha value is -2.77. The van der Waals surface area contributed by atoms with E-state index in [-0.39, 0.29) is 5.91 Å². The fraction of sp³-hybridized carbons (Fsp3) is 0. The summed E-state index contributed by atoms with van der Waals surface area (Å²) in [6.45, 7) is 0. The number of nitrogens with zero attached hydrogens (tertiary/aromatic N) is 2. The zero-order valence-corrected chi connectivity index (χ0v) is 15.8. The van der Waals surface area contributed by atoms with E-state index in [1.54, 1.807) is 11.6 Å². The lowest BCUT2D eigenvalue weighted by atomic mass is 10.2. The number of carbonyl (C=O) groups excluding carboxylic acids is 1. The molecule has 0 spiro atoms. The largest absolute Gasteiger partial charge is 0.360 e. The highest BCUT2D eigenvalue weighted by molar-refractivity contribution is 9.10. The van der Waals surface area contributed by atoms with Crippen molar-refractivity contribution in [3.05, 3.63) is 75.8 Å². The quantitative estimate of drug-likeness (QED) is 0.364. The molecule has 4 aromatic rings. The van der Waals surface area contributed by atoms with Crippen molar-refractivity contribution in [3.63, 3.8) is 0 Å². The molecule has 0 unspecified atom stereocenters. The van der Waals surface area contributed by atoms with Gasteiger partial charge < -0.3 is 4.98 Å². The Bertz CT molecular complexity index is 1100. The summed E-state index contributed by atoms with van der Waals surface area (Å²) in [4.78, 5) is 19.9. The van der Waals surface area contributed by atoms with Gasteiger partial charge in [-0.1, -0.05) is 46.3 Å². The third kappa shape index (κ3) is 3.44. The molecule has 7 heteroatoms. The van der Waals surface area contributed by atoms with Crippen molar-refractivity contribution < 1.29 is 4.79 Å². The summed E-state index contributed by atoms with van der Waals surface area (Å²) >= 11 is 4.92. The molecule has 0 aliphatic carbocycles. The molecule has 0 aliphatic rings. The first kappa shape index (κ1) is 16.7. The van der Waals surface area contributed by atoms with E-state index in [0.717, 1.165) is 31.5 Å². The summed E-state index contributed by atoms with van der Waals surface area (Å²) in [7, 11) is 0. The van der Waals surface area contributed by atoms with Gasteiger partial charge in [-0.2, -0.15) is 5.10 Å². The van der Waals surface area contributed by atoms with Gasteiger partial charge in [0.1, 0.15) is 10.7 Å². The fourth-order valence-electron chi connectivity index (χ4n) is 2.53. The van der Waals surface area contributed by atoms with Crippen LogP contribution in [0.1, 0.15) is 16.1 Å². The van der Waals surface area contributed by atoms with Crippen LogP contribution < -0.4 is 5.43 Å². The van der Waals surface area contributed by atoms with Gasteiger partial charge in [-0.05, 0) is 23.8 Å². The van der Waals surface area contributed by atoms with Gasteiger partial charge in [-0.3, -0.25) is 4.79 Å². The van der Waals surface area contributed by atoms with Crippen molar-refractivity contribution in [3.8, 4) is 10.6 Å². The number of nitrogens with one attached hydrogen (secondary N) is 2. The average Bonchev–Trinajstić information content (AvgIpc) is 3.29. The SMILES string of the molecule is O=C(N/N=C/c1ccccc1)c1csc(-c2c[nH]c3ccc(Br)cc23)n1. The smallest absolute Gasteiger partial charge is 0.290 e. The molecule has 1 amide bonds. The molecule has 128 valence electrons. The Kier molecular flexibility index (Phi) is 4.64. The molecule has 0 radical (unpaired) electrons. The lowest BCUT2D eigenvalue weighted by molar-refractivity contribution is 0.0951. The van der Waals surface area contributed by atoms with Gasteiger partial charge in [-0.15, -0.1) is 11.3 Å². The number of carbonyl (C=O) groups is 1. The molecule has 0 saturated heterocycles. The van der Waals surface area contributed by atoms with Crippen molar-refractivity contribution in [2.45, 2.75) is 0 Å². The molecule has 5 nitrogen and oxygen atoms in total. The van der Waals surface area contributed by atoms with E-state index in [0.29, 0.717) is 5.69 Å². The van der Waals surface area contributed by atoms with Crippen LogP contribution in [0.25, 0.3) is 21.5 Å². The van der Waals surface area contributed by atoms with Crippen LogP contribution in [0.2, 0.25) is 0 Å². The van der Waals surface area contributed by atoms with Crippen LogP contribution in [-0.4, -0.2) is 22.1 Å². The number of thiazole rings is 1. The zero-order valence-electron chi connectivity index (χ0n) is 13.4. The predicted octanol–water partition coefficient (Wildman–Crippen LogP) is 4.82. The van der Waals surface area contributed by atoms with Gasteiger partial charge in [0.15, 0.2) is 0 Å². The second-order valence-corrected chi connectivity index (χ2v) is 7.31. The number of aromatic nitrogens is 2. The molecular formula is C19H13BrN4OS. The Morgan fingerprint density at radius 3 is 2.92 bits per heavy atom. The minimum atomic E-state index is -0.333. The maximum absolute atomic E-state index is 12.2. The van der Waals surface area contributed by atoms with Crippen molar-refractivity contribution in [1.82, 2.24) is 15.4 Å². The van der Waals surface area contributed by atoms with Gasteiger partial charge in [0, 0.05) is 32.5 Å². The van der Waals surface area contributed by atoms with Crippen LogP contribution in [0.15, 0.2) is 69.7 Å². The fourth-order valence-corrected chi connectivity index (χ4v) is 3.72. The minimum absolute atomic E-state index is 0.333. The van der Waals surface area contributed by atoms with Crippen LogP contribution in [0.5, 0.6) is 0 Å². The van der Waals surface area contributed by atoms with Gasteiger partial charge in [0.05, 0.1) is 6.21 Å². The Balaban J connectivity index is 1.53. The topological polar surface area (TPSA) is 70.1 Å². The van der Waals surface area contributed by atoms with Crippen LogP contribution in [0.3, 0.4) is 0 Å². The molecule has 0 fully saturated rings. The number of rotatable bonds is 4. The van der Waals surface area contributed by atoms with Crippen molar-refractivity contribution in [2.75, 3.05) is 0 Å². The molecule has 2 aromatic carbocycles. The van der Waals surface area contributed by atoms with E-state index in [9.17, 15) is 4.79 Å². The average molecular weight is 425 g/mol. The highest BCUT2D eigenvalue weighted by atomic mass is 79.9. The Labute approximate surface area is 161 Å². The van der Waals surface area contributed by atoms with Gasteiger partial charge in [-0.25, -0.2) is 10.4 Å². The molecule has 26 heavy (non-hydrogen) atoms. The number of hydrazone groups is 1. The van der Waals surface area contributed by atoms with Gasteiger partial charge >= 0.3 is 0 Å². The van der Waals surface area contributed by atoms with Crippen LogP contribution in [0.4, 0.5) is 0 Å². The molecule has 0 bridgehead atoms. The first-order valence-electron chi connectivity index (χ1n) is 7.82. The lowest BCUT2D eigenvalue weighted by Gasteiger charge is -1.96. The van der Waals surface area contributed by atoms with E-state index < -0.39 is 0 Å². The second-order valence-electron chi connectivity index (χ2n) is 5.54. The van der Waals surface area contributed by atoms with E-state index >= 15 is 0 Å². The minimum Gasteiger partial charge on any atom is -0.360 e. The van der Waals surface area contributed by atoms with E-state index in [4.69, 9.17) is 0 Å². The van der Waals surface area contributed by atoms with Gasteiger partial charge in [0.25, 0.3) is 5.91 Å². The molecular weight excluding hydrogens is 412 g/mol. The summed E-state index contributed by atoms with van der Waals surface area (Å²) in [5.41, 5.74) is 5.77. The van der Waals surface area contributed by atoms with Crippen LogP contribution in [0, 0.1) is 0 Å². The predicted molar refractivity (Wildman–Crippen MR) is 109 cm³/mol. The first-order chi connectivity index (χ1) is 12.7. The number of fused-ring (bicyclic) bond motifs is 1. The maximum atomic E-state index is 12.2. The number of H-pyrrole nitrogens is 1. The van der Waals surface area contributed by atoms with Crippen molar-refractivity contribution in [1.29, 1.82) is 0 Å². The van der Waals surface area contributed by atoms with E-state index in [2.05, 4.69) is 36.4 Å². The summed E-state index contributed by atoms with van der Waals surface area (Å²) < 4.78 is 0.996. The van der Waals surface area contributed by atoms with Crippen LogP contribution >= 0.6 is 27.3 Å². The normalized spacial score (nSPS) is 11.3. The molecule has 0 aliphatic heterocycles. The van der Waals surface area contributed by atoms with Gasteiger partial charge in [0.2, 0.25) is 0 Å². The molecule has 2 heterocycles. The zero-order chi connectivity index (χ0) is 17.9. The lowest BCUT2D eigenvalue weighted by Crippen LogP contribution is -2.17. The first-order valence-corrected chi connectivity index (χ1v) is 9.49. The Morgan fingerprint density at radius 2 is 2.08 bits per heavy atom. The molecule has 2 N–H and O–H groups in total. The molecule has 2 aromatic heterocycles. The van der Waals surface area contributed by atoms with E-state index in [1.807, 2.05) is 54.7 Å². The number of amides is 1. The summed E-state index contributed by atoms with van der Waals surface area (Å²) in [6, 6.07) is 15.6. The monoisotopic (exact) mass is 424 g/mol. The standard InChI is InChI=1S/C19H13BrN4OS/c20-13-6-7-16-14(8-13)15(10-21-16)19-23-17(11-26-19)18(25)24-22-9-12-4-2-1-3-5-12/h1-11,21H,(H,24,25)/b22-9+. The Morgan fingerprint density at radius 1 is 1.23 bits per heavy atom. The maximum Gasteiger partial charge on any atom is 0.290 e. The number of halogens is 1.